The van der Waals surface area contributed by atoms with Crippen molar-refractivity contribution in [2.24, 2.45) is 5.73 Å². The molecular weight excluding hydrogens is 106 g/mol. The first-order chi connectivity index (χ1) is 3.27. The molecule has 0 radical (unpaired) electrons. The van der Waals surface area contributed by atoms with Crippen LogP contribution in [-0.2, 0) is 0 Å². The molecule has 0 amide bonds. The van der Waals surface area contributed by atoms with Crippen LogP contribution in [0.4, 0.5) is 0 Å². The highest BCUT2D eigenvalue weighted by Gasteiger charge is 1.68. The van der Waals surface area contributed by atoms with Gasteiger partial charge in [0.05, 0.1) is 4.99 Å². The lowest BCUT2D eigenvalue weighted by Crippen LogP contribution is -2.01. The molecule has 0 atom stereocenters. The molecule has 7 heavy (non-hydrogen) atoms. The van der Waals surface area contributed by atoms with Gasteiger partial charge in [0.25, 0.3) is 0 Å². The summed E-state index contributed by atoms with van der Waals surface area (Å²) >= 11 is 4.50. The van der Waals surface area contributed by atoms with E-state index in [-0.39, 0.29) is 0 Å². The molecule has 0 spiro atoms. The van der Waals surface area contributed by atoms with Crippen LogP contribution in [0.5, 0.6) is 0 Å². The van der Waals surface area contributed by atoms with Crippen molar-refractivity contribution in [2.75, 3.05) is 0 Å². The zero-order valence-corrected chi connectivity index (χ0v) is 4.74. The van der Waals surface area contributed by atoms with E-state index in [0.29, 0.717) is 4.99 Å². The first-order valence-corrected chi connectivity index (χ1v) is 2.26. The molecular formula is C5H7NS. The zero-order chi connectivity index (χ0) is 5.70. The van der Waals surface area contributed by atoms with Crippen molar-refractivity contribution in [3.05, 3.63) is 24.8 Å². The average molecular weight is 113 g/mol. The fraction of sp³-hybridized carbons (Fsp3) is 0. The van der Waals surface area contributed by atoms with Gasteiger partial charge in [-0.15, -0.1) is 0 Å². The van der Waals surface area contributed by atoms with Gasteiger partial charge in [-0.25, -0.2) is 0 Å². The highest BCUT2D eigenvalue weighted by Crippen LogP contribution is 1.71. The fourth-order valence-corrected chi connectivity index (χ4v) is 0.241. The van der Waals surface area contributed by atoms with Gasteiger partial charge in [-0.05, 0) is 6.08 Å². The van der Waals surface area contributed by atoms with Crippen LogP contribution in [0, 0.1) is 0 Å². The van der Waals surface area contributed by atoms with Gasteiger partial charge >= 0.3 is 0 Å². The van der Waals surface area contributed by atoms with E-state index in [1.165, 1.54) is 0 Å². The summed E-state index contributed by atoms with van der Waals surface area (Å²) in [6.07, 6.45) is 4.93. The lowest BCUT2D eigenvalue weighted by atomic mass is 10.5. The van der Waals surface area contributed by atoms with Crippen LogP contribution in [0.2, 0.25) is 0 Å². The van der Waals surface area contributed by atoms with Crippen molar-refractivity contribution in [1.29, 1.82) is 0 Å². The Labute approximate surface area is 48.5 Å². The summed E-state index contributed by atoms with van der Waals surface area (Å²) < 4.78 is 0. The molecule has 2 heteroatoms. The van der Waals surface area contributed by atoms with E-state index in [0.717, 1.165) is 0 Å². The Kier molecular flexibility index (Phi) is 3.24. The van der Waals surface area contributed by atoms with E-state index in [4.69, 9.17) is 5.73 Å². The molecule has 1 nitrogen and oxygen atoms in total. The zero-order valence-electron chi connectivity index (χ0n) is 3.92. The Bertz CT molecular complexity index is 105. The molecule has 0 rings (SSSR count). The van der Waals surface area contributed by atoms with Crippen LogP contribution in [-0.4, -0.2) is 4.99 Å². The van der Waals surface area contributed by atoms with Crippen molar-refractivity contribution in [3.63, 3.8) is 0 Å². The molecule has 0 bridgehead atoms. The SMILES string of the molecule is C=CC=CC(N)=S. The number of rotatable bonds is 2. The lowest BCUT2D eigenvalue weighted by Gasteiger charge is -1.75. The predicted molar refractivity (Wildman–Crippen MR) is 36.1 cm³/mol. The molecule has 0 unspecified atom stereocenters. The minimum Gasteiger partial charge on any atom is -0.390 e. The Hall–Kier alpha value is -0.630. The van der Waals surface area contributed by atoms with Crippen molar-refractivity contribution in [1.82, 2.24) is 0 Å². The third-order valence-electron chi connectivity index (χ3n) is 0.397. The average Bonchev–Trinajstić information content (AvgIpc) is 1.61. The summed E-state index contributed by atoms with van der Waals surface area (Å²) in [6.45, 7) is 3.43. The minimum absolute atomic E-state index is 0.389. The van der Waals surface area contributed by atoms with E-state index >= 15 is 0 Å². The van der Waals surface area contributed by atoms with Crippen LogP contribution in [0.3, 0.4) is 0 Å². The Morgan fingerprint density at radius 2 is 2.29 bits per heavy atom. The number of thiocarbonyl (C=S) groups is 1. The fourth-order valence-electron chi connectivity index (χ4n) is 0.163. The molecule has 0 saturated carbocycles. The first kappa shape index (κ1) is 6.37. The standard InChI is InChI=1S/C5H7NS/c1-2-3-4-5(6)7/h2-4H,1H2,(H2,6,7). The van der Waals surface area contributed by atoms with Gasteiger partial charge in [-0.1, -0.05) is 30.9 Å². The van der Waals surface area contributed by atoms with E-state index in [1.54, 1.807) is 18.2 Å². The Balaban J connectivity index is 3.46. The number of hydrogen-bond acceptors (Lipinski definition) is 1. The summed E-state index contributed by atoms with van der Waals surface area (Å²) in [4.78, 5) is 0.389. The number of allylic oxidation sites excluding steroid dienone is 2. The van der Waals surface area contributed by atoms with Crippen LogP contribution < -0.4 is 5.73 Å². The van der Waals surface area contributed by atoms with Gasteiger partial charge in [0.15, 0.2) is 0 Å². The molecule has 0 heterocycles. The van der Waals surface area contributed by atoms with Gasteiger partial charge in [0, 0.05) is 0 Å². The molecule has 0 aromatic carbocycles. The van der Waals surface area contributed by atoms with Crippen molar-refractivity contribution >= 4 is 17.2 Å². The maximum Gasteiger partial charge on any atom is 0.0961 e. The minimum atomic E-state index is 0.389. The molecule has 0 aromatic rings. The summed E-state index contributed by atoms with van der Waals surface area (Å²) in [7, 11) is 0. The van der Waals surface area contributed by atoms with Gasteiger partial charge < -0.3 is 5.73 Å². The smallest absolute Gasteiger partial charge is 0.0961 e. The lowest BCUT2D eigenvalue weighted by molar-refractivity contribution is 1.82. The second kappa shape index (κ2) is 3.56. The van der Waals surface area contributed by atoms with Gasteiger partial charge in [0.1, 0.15) is 0 Å². The predicted octanol–water partition coefficient (Wildman–Crippen LogP) is 1.01. The molecule has 0 aromatic heterocycles. The highest BCUT2D eigenvalue weighted by molar-refractivity contribution is 7.80. The molecule has 38 valence electrons. The maximum absolute atomic E-state index is 5.08. The number of hydrogen-bond donors (Lipinski definition) is 1. The quantitative estimate of drug-likeness (QED) is 0.328. The van der Waals surface area contributed by atoms with E-state index in [9.17, 15) is 0 Å². The third kappa shape index (κ3) is 5.37. The van der Waals surface area contributed by atoms with Crippen LogP contribution in [0.25, 0.3) is 0 Å². The molecule has 2 N–H and O–H groups in total. The number of nitrogens with two attached hydrogens (primary N) is 1. The van der Waals surface area contributed by atoms with Crippen LogP contribution in [0.15, 0.2) is 24.8 Å². The van der Waals surface area contributed by atoms with Gasteiger partial charge in [-0.2, -0.15) is 0 Å². The largest absolute Gasteiger partial charge is 0.390 e. The first-order valence-electron chi connectivity index (χ1n) is 1.86. The summed E-state index contributed by atoms with van der Waals surface area (Å²) in [6, 6.07) is 0. The second-order valence-corrected chi connectivity index (χ2v) is 1.47. The maximum atomic E-state index is 5.08. The molecule has 0 saturated heterocycles. The van der Waals surface area contributed by atoms with Crippen molar-refractivity contribution in [3.8, 4) is 0 Å². The van der Waals surface area contributed by atoms with E-state index in [2.05, 4.69) is 18.8 Å². The molecule has 0 fully saturated rings. The topological polar surface area (TPSA) is 26.0 Å². The van der Waals surface area contributed by atoms with Crippen LogP contribution in [0.1, 0.15) is 0 Å². The second-order valence-electron chi connectivity index (χ2n) is 0.997. The Morgan fingerprint density at radius 3 is 2.43 bits per heavy atom. The Morgan fingerprint density at radius 1 is 1.71 bits per heavy atom. The van der Waals surface area contributed by atoms with E-state index in [1.807, 2.05) is 0 Å². The molecule has 0 aliphatic heterocycles. The van der Waals surface area contributed by atoms with Crippen molar-refractivity contribution in [2.45, 2.75) is 0 Å². The summed E-state index contributed by atoms with van der Waals surface area (Å²) in [5.74, 6) is 0. The highest BCUT2D eigenvalue weighted by atomic mass is 32.1. The van der Waals surface area contributed by atoms with Crippen LogP contribution >= 0.6 is 12.2 Å². The third-order valence-corrected chi connectivity index (χ3v) is 0.533. The normalized spacial score (nSPS) is 9.14. The van der Waals surface area contributed by atoms with E-state index < -0.39 is 0 Å². The summed E-state index contributed by atoms with van der Waals surface area (Å²) in [5.41, 5.74) is 5.08. The monoisotopic (exact) mass is 113 g/mol. The molecule has 0 aliphatic rings. The van der Waals surface area contributed by atoms with Crippen molar-refractivity contribution < 1.29 is 0 Å². The van der Waals surface area contributed by atoms with Gasteiger partial charge in [0.2, 0.25) is 0 Å². The molecule has 0 aliphatic carbocycles. The van der Waals surface area contributed by atoms with Gasteiger partial charge in [-0.3, -0.25) is 0 Å². The summed E-state index contributed by atoms with van der Waals surface area (Å²) in [5, 5.41) is 0.